The van der Waals surface area contributed by atoms with E-state index in [4.69, 9.17) is 4.74 Å². The van der Waals surface area contributed by atoms with Gasteiger partial charge in [0.25, 0.3) is 5.91 Å². The van der Waals surface area contributed by atoms with Crippen LogP contribution in [0.1, 0.15) is 31.2 Å². The van der Waals surface area contributed by atoms with Gasteiger partial charge in [-0.15, -0.1) is 0 Å². The Kier molecular flexibility index (Phi) is 7.20. The number of rotatable bonds is 7. The topological polar surface area (TPSA) is 138 Å². The molecule has 5 atom stereocenters. The number of piperidine rings is 1. The largest absolute Gasteiger partial charge is 0.454 e. The van der Waals surface area contributed by atoms with Crippen molar-refractivity contribution in [3.63, 3.8) is 0 Å². The summed E-state index contributed by atoms with van der Waals surface area (Å²) in [4.78, 5) is 49.3. The number of ether oxygens (including phenoxy) is 1. The molecule has 4 amide bonds. The van der Waals surface area contributed by atoms with Crippen LogP contribution in [0.5, 0.6) is 11.5 Å². The van der Waals surface area contributed by atoms with Crippen LogP contribution in [0.2, 0.25) is 0 Å². The molecule has 1 saturated carbocycles. The van der Waals surface area contributed by atoms with Gasteiger partial charge >= 0.3 is 6.03 Å². The second kappa shape index (κ2) is 10.9. The standard InChI is InChI=1S/C28H31N7O4S/c1-3-22(36)32-18-5-4-6-19(18)33-26(37)25-24-23-21(9-10-31-27(23)40-25)35(28(38)34-24)20-8-7-16(11-15(20)2)39-17-12-29-14-30-13-17/h3,7-8,11-14,18-19,21,23,27,31H,1,4-6,9-10H2,2H3,(H,32,36)(H,33,37)(H,34,38)/t18-,19+,21?,23?,27?/m0/s1. The van der Waals surface area contributed by atoms with Gasteiger partial charge in [0.2, 0.25) is 5.91 Å². The van der Waals surface area contributed by atoms with Crippen molar-refractivity contribution >= 4 is 35.3 Å². The Hall–Kier alpha value is -3.90. The zero-order chi connectivity index (χ0) is 27.8. The van der Waals surface area contributed by atoms with Crippen molar-refractivity contribution in [2.24, 2.45) is 5.92 Å². The minimum Gasteiger partial charge on any atom is -0.454 e. The van der Waals surface area contributed by atoms with Crippen LogP contribution in [-0.2, 0) is 9.59 Å². The minimum absolute atomic E-state index is 0.0292. The Balaban J connectivity index is 1.22. The third kappa shape index (κ3) is 4.92. The number of carbonyl (C=O) groups is 3. The third-order valence-corrected chi connectivity index (χ3v) is 9.25. The van der Waals surface area contributed by atoms with Crippen LogP contribution < -0.4 is 30.9 Å². The third-order valence-electron chi connectivity index (χ3n) is 7.89. The van der Waals surface area contributed by atoms with Crippen LogP contribution in [0.4, 0.5) is 10.5 Å². The first-order valence-corrected chi connectivity index (χ1v) is 14.3. The summed E-state index contributed by atoms with van der Waals surface area (Å²) >= 11 is 1.47. The molecule has 11 nitrogen and oxygen atoms in total. The Morgan fingerprint density at radius 2 is 1.93 bits per heavy atom. The smallest absolute Gasteiger partial charge is 0.326 e. The Bertz CT molecular complexity index is 1380. The summed E-state index contributed by atoms with van der Waals surface area (Å²) in [6.45, 7) is 6.20. The maximum atomic E-state index is 13.6. The molecule has 1 aliphatic carbocycles. The molecule has 2 saturated heterocycles. The minimum atomic E-state index is -0.255. The highest BCUT2D eigenvalue weighted by molar-refractivity contribution is 8.04. The molecule has 1 aromatic heterocycles. The molecule has 3 fully saturated rings. The molecule has 3 aliphatic heterocycles. The molecule has 40 heavy (non-hydrogen) atoms. The summed E-state index contributed by atoms with van der Waals surface area (Å²) in [5, 5.41) is 12.6. The molecule has 12 heteroatoms. The molecular formula is C28H31N7O4S. The number of aromatic nitrogens is 2. The number of nitrogens with one attached hydrogen (secondary N) is 4. The van der Waals surface area contributed by atoms with Gasteiger partial charge in [-0.2, -0.15) is 0 Å². The summed E-state index contributed by atoms with van der Waals surface area (Å²) in [5.74, 6) is 0.638. The van der Waals surface area contributed by atoms with Crippen molar-refractivity contribution in [1.82, 2.24) is 31.2 Å². The van der Waals surface area contributed by atoms with Crippen LogP contribution >= 0.6 is 11.8 Å². The lowest BCUT2D eigenvalue weighted by atomic mass is 9.86. The van der Waals surface area contributed by atoms with E-state index < -0.39 is 0 Å². The number of benzene rings is 1. The zero-order valence-corrected chi connectivity index (χ0v) is 22.9. The average Bonchev–Trinajstić information content (AvgIpc) is 3.55. The number of urea groups is 1. The SMILES string of the molecule is C=CC(=O)N[C@H]1CCC[C@H]1NC(=O)C1=C2NC(=O)N(c3ccc(Oc4cncnc4)cc3C)C3CCNC(S1)C23. The van der Waals surface area contributed by atoms with Crippen LogP contribution in [0.15, 0.2) is 60.2 Å². The first kappa shape index (κ1) is 26.3. The highest BCUT2D eigenvalue weighted by Crippen LogP contribution is 2.48. The molecule has 3 unspecified atom stereocenters. The van der Waals surface area contributed by atoms with E-state index in [-0.39, 0.29) is 47.3 Å². The lowest BCUT2D eigenvalue weighted by molar-refractivity contribution is -0.119. The molecule has 4 N–H and O–H groups in total. The van der Waals surface area contributed by atoms with Crippen molar-refractivity contribution in [2.45, 2.75) is 56.1 Å². The Labute approximate surface area is 236 Å². The fourth-order valence-electron chi connectivity index (χ4n) is 6.12. The van der Waals surface area contributed by atoms with Crippen molar-refractivity contribution in [1.29, 1.82) is 0 Å². The molecule has 208 valence electrons. The first-order chi connectivity index (χ1) is 19.4. The quantitative estimate of drug-likeness (QED) is 0.379. The van der Waals surface area contributed by atoms with Gasteiger partial charge in [0.1, 0.15) is 12.1 Å². The normalized spacial score (nSPS) is 27.1. The van der Waals surface area contributed by atoms with Gasteiger partial charge in [-0.3, -0.25) is 14.5 Å². The van der Waals surface area contributed by atoms with Crippen LogP contribution in [0.25, 0.3) is 0 Å². The number of amides is 4. The van der Waals surface area contributed by atoms with Crippen LogP contribution in [0, 0.1) is 12.8 Å². The second-order valence-electron chi connectivity index (χ2n) is 10.4. The molecule has 2 aromatic rings. The number of hydrogen-bond acceptors (Lipinski definition) is 8. The predicted octanol–water partition coefficient (Wildman–Crippen LogP) is 2.71. The van der Waals surface area contributed by atoms with Gasteiger partial charge in [0.15, 0.2) is 5.75 Å². The van der Waals surface area contributed by atoms with E-state index in [1.165, 1.54) is 24.2 Å². The molecule has 6 rings (SSSR count). The molecule has 4 heterocycles. The lowest BCUT2D eigenvalue weighted by Crippen LogP contribution is -2.62. The first-order valence-electron chi connectivity index (χ1n) is 13.4. The summed E-state index contributed by atoms with van der Waals surface area (Å²) in [6, 6.07) is 4.95. The Morgan fingerprint density at radius 1 is 1.15 bits per heavy atom. The highest BCUT2D eigenvalue weighted by atomic mass is 32.2. The van der Waals surface area contributed by atoms with Crippen molar-refractivity contribution in [3.8, 4) is 11.5 Å². The number of thioether (sulfide) groups is 1. The zero-order valence-electron chi connectivity index (χ0n) is 22.1. The molecule has 1 aromatic carbocycles. The number of anilines is 1. The van der Waals surface area contributed by atoms with Gasteiger partial charge in [0, 0.05) is 29.4 Å². The molecule has 0 spiro atoms. The van der Waals surface area contributed by atoms with Gasteiger partial charge in [-0.05, 0) is 69.0 Å². The second-order valence-corrected chi connectivity index (χ2v) is 11.5. The summed E-state index contributed by atoms with van der Waals surface area (Å²) in [6.07, 6.45) is 9.11. The monoisotopic (exact) mass is 561 g/mol. The van der Waals surface area contributed by atoms with Crippen molar-refractivity contribution in [3.05, 3.63) is 65.7 Å². The van der Waals surface area contributed by atoms with E-state index in [1.807, 2.05) is 30.0 Å². The van der Waals surface area contributed by atoms with Gasteiger partial charge in [0.05, 0.1) is 28.7 Å². The van der Waals surface area contributed by atoms with E-state index in [0.717, 1.165) is 43.5 Å². The lowest BCUT2D eigenvalue weighted by Gasteiger charge is -2.46. The molecule has 4 aliphatic rings. The number of hydrogen-bond donors (Lipinski definition) is 4. The van der Waals surface area contributed by atoms with Crippen LogP contribution in [-0.4, -0.2) is 57.9 Å². The highest BCUT2D eigenvalue weighted by Gasteiger charge is 2.52. The van der Waals surface area contributed by atoms with Gasteiger partial charge in [-0.1, -0.05) is 18.3 Å². The number of nitrogens with zero attached hydrogens (tertiary/aromatic N) is 3. The van der Waals surface area contributed by atoms with Gasteiger partial charge in [-0.25, -0.2) is 14.8 Å². The summed E-state index contributed by atoms with van der Waals surface area (Å²) in [5.41, 5.74) is 2.37. The van der Waals surface area contributed by atoms with E-state index in [9.17, 15) is 14.4 Å². The number of carbonyl (C=O) groups excluding carboxylic acids is 3. The Morgan fingerprint density at radius 3 is 2.67 bits per heavy atom. The predicted molar refractivity (Wildman–Crippen MR) is 151 cm³/mol. The fraction of sp³-hybridized carbons (Fsp3) is 0.393. The van der Waals surface area contributed by atoms with Crippen LogP contribution in [0.3, 0.4) is 0 Å². The van der Waals surface area contributed by atoms with Crippen molar-refractivity contribution in [2.75, 3.05) is 11.4 Å². The maximum absolute atomic E-state index is 13.6. The summed E-state index contributed by atoms with van der Waals surface area (Å²) < 4.78 is 5.87. The van der Waals surface area contributed by atoms with E-state index >= 15 is 0 Å². The maximum Gasteiger partial charge on any atom is 0.326 e. The van der Waals surface area contributed by atoms with E-state index in [1.54, 1.807) is 12.4 Å². The fourth-order valence-corrected chi connectivity index (χ4v) is 7.52. The average molecular weight is 562 g/mol. The summed E-state index contributed by atoms with van der Waals surface area (Å²) in [7, 11) is 0. The number of aryl methyl sites for hydroxylation is 1. The molecule has 0 radical (unpaired) electrons. The molecule has 0 bridgehead atoms. The van der Waals surface area contributed by atoms with Crippen molar-refractivity contribution < 1.29 is 19.1 Å². The van der Waals surface area contributed by atoms with Gasteiger partial charge < -0.3 is 26.0 Å². The van der Waals surface area contributed by atoms with E-state index in [2.05, 4.69) is 37.8 Å². The molecular weight excluding hydrogens is 530 g/mol. The van der Waals surface area contributed by atoms with E-state index in [0.29, 0.717) is 22.1 Å².